The Labute approximate surface area is 125 Å². The van der Waals surface area contributed by atoms with E-state index in [2.05, 4.69) is 10.3 Å². The summed E-state index contributed by atoms with van der Waals surface area (Å²) >= 11 is 1.50. The van der Waals surface area contributed by atoms with E-state index in [9.17, 15) is 9.18 Å². The van der Waals surface area contributed by atoms with Crippen molar-refractivity contribution in [1.29, 1.82) is 0 Å². The molecule has 1 unspecified atom stereocenters. The van der Waals surface area contributed by atoms with Crippen molar-refractivity contribution in [1.82, 2.24) is 10.3 Å². The van der Waals surface area contributed by atoms with Crippen molar-refractivity contribution in [2.75, 3.05) is 0 Å². The van der Waals surface area contributed by atoms with Gasteiger partial charge in [-0.05, 0) is 42.8 Å². The minimum absolute atomic E-state index is 0.179. The van der Waals surface area contributed by atoms with E-state index in [1.54, 1.807) is 23.7 Å². The van der Waals surface area contributed by atoms with Gasteiger partial charge in [-0.2, -0.15) is 0 Å². The summed E-state index contributed by atoms with van der Waals surface area (Å²) in [5.41, 5.74) is 3.95. The van der Waals surface area contributed by atoms with Gasteiger partial charge in [0.2, 0.25) is 0 Å². The lowest BCUT2D eigenvalue weighted by atomic mass is 10.1. The number of nitrogens with one attached hydrogen (secondary N) is 1. The normalized spacial score (nSPS) is 12.3. The van der Waals surface area contributed by atoms with Crippen LogP contribution in [0.4, 0.5) is 4.39 Å². The van der Waals surface area contributed by atoms with E-state index < -0.39 is 0 Å². The first-order valence-electron chi connectivity index (χ1n) is 6.53. The van der Waals surface area contributed by atoms with Gasteiger partial charge in [0.05, 0.1) is 21.8 Å². The van der Waals surface area contributed by atoms with Gasteiger partial charge in [0.1, 0.15) is 5.82 Å². The Bertz CT molecular complexity index is 800. The largest absolute Gasteiger partial charge is 0.346 e. The zero-order valence-electron chi connectivity index (χ0n) is 11.3. The summed E-state index contributed by atoms with van der Waals surface area (Å²) < 4.78 is 14.2. The number of aromatic nitrogens is 1. The zero-order valence-corrected chi connectivity index (χ0v) is 12.2. The summed E-state index contributed by atoms with van der Waals surface area (Å²) in [5, 5.41) is 2.88. The number of thiazole rings is 1. The predicted octanol–water partition coefficient (Wildman–Crippen LogP) is 3.93. The second-order valence-corrected chi connectivity index (χ2v) is 5.67. The third-order valence-electron chi connectivity index (χ3n) is 3.29. The monoisotopic (exact) mass is 300 g/mol. The molecule has 1 heterocycles. The summed E-state index contributed by atoms with van der Waals surface area (Å²) in [5.74, 6) is -0.485. The summed E-state index contributed by atoms with van der Waals surface area (Å²) in [7, 11) is 0. The Morgan fingerprint density at radius 2 is 2.14 bits per heavy atom. The highest BCUT2D eigenvalue weighted by Gasteiger charge is 2.12. The van der Waals surface area contributed by atoms with Crippen LogP contribution in [0, 0.1) is 5.82 Å². The van der Waals surface area contributed by atoms with E-state index >= 15 is 0 Å². The maximum Gasteiger partial charge on any atom is 0.251 e. The van der Waals surface area contributed by atoms with Crippen LogP contribution in [-0.4, -0.2) is 10.9 Å². The van der Waals surface area contributed by atoms with Crippen LogP contribution in [0.5, 0.6) is 0 Å². The van der Waals surface area contributed by atoms with E-state index in [1.807, 2.05) is 19.1 Å². The van der Waals surface area contributed by atoms with Crippen molar-refractivity contribution in [3.8, 4) is 0 Å². The van der Waals surface area contributed by atoms with Crippen molar-refractivity contribution in [3.63, 3.8) is 0 Å². The number of hydrogen-bond donors (Lipinski definition) is 1. The molecule has 21 heavy (non-hydrogen) atoms. The molecule has 0 fully saturated rings. The fourth-order valence-electron chi connectivity index (χ4n) is 2.14. The van der Waals surface area contributed by atoms with Crippen LogP contribution < -0.4 is 5.32 Å². The van der Waals surface area contributed by atoms with Gasteiger partial charge in [0, 0.05) is 5.56 Å². The number of fused-ring (bicyclic) bond motifs is 1. The predicted molar refractivity (Wildman–Crippen MR) is 81.9 cm³/mol. The highest BCUT2D eigenvalue weighted by Crippen LogP contribution is 2.20. The molecule has 0 aliphatic carbocycles. The fourth-order valence-corrected chi connectivity index (χ4v) is 2.85. The zero-order chi connectivity index (χ0) is 14.8. The number of nitrogens with zero attached hydrogens (tertiary/aromatic N) is 1. The lowest BCUT2D eigenvalue weighted by molar-refractivity contribution is 0.0940. The Morgan fingerprint density at radius 1 is 1.29 bits per heavy atom. The molecular formula is C16H13FN2OS. The quantitative estimate of drug-likeness (QED) is 0.796. The average Bonchev–Trinajstić information content (AvgIpc) is 2.94. The Balaban J connectivity index is 1.79. The van der Waals surface area contributed by atoms with Crippen LogP contribution in [0.2, 0.25) is 0 Å². The summed E-state index contributed by atoms with van der Waals surface area (Å²) in [6.07, 6.45) is 0. The average molecular weight is 300 g/mol. The lowest BCUT2D eigenvalue weighted by Crippen LogP contribution is -2.26. The molecule has 1 aromatic heterocycles. The van der Waals surface area contributed by atoms with Gasteiger partial charge in [-0.25, -0.2) is 9.37 Å². The Hall–Kier alpha value is -2.27. The maximum absolute atomic E-state index is 13.2. The topological polar surface area (TPSA) is 42.0 Å². The molecule has 0 radical (unpaired) electrons. The molecule has 3 rings (SSSR count). The number of benzene rings is 2. The SMILES string of the molecule is CC(NC(=O)c1ccc2ncsc2c1)c1cccc(F)c1. The van der Waals surface area contributed by atoms with Crippen LogP contribution in [0.1, 0.15) is 28.9 Å². The first-order chi connectivity index (χ1) is 10.1. The first-order valence-corrected chi connectivity index (χ1v) is 7.41. The maximum atomic E-state index is 13.2. The van der Waals surface area contributed by atoms with Gasteiger partial charge >= 0.3 is 0 Å². The third-order valence-corrected chi connectivity index (χ3v) is 4.08. The molecule has 3 nitrogen and oxygen atoms in total. The van der Waals surface area contributed by atoms with Crippen molar-refractivity contribution < 1.29 is 9.18 Å². The van der Waals surface area contributed by atoms with Gasteiger partial charge in [0.25, 0.3) is 5.91 Å². The van der Waals surface area contributed by atoms with E-state index in [0.29, 0.717) is 5.56 Å². The molecule has 1 N–H and O–H groups in total. The second kappa shape index (κ2) is 5.61. The molecule has 3 aromatic rings. The molecule has 0 aliphatic rings. The highest BCUT2D eigenvalue weighted by atomic mass is 32.1. The summed E-state index contributed by atoms with van der Waals surface area (Å²) in [6, 6.07) is 11.4. The molecule has 0 saturated heterocycles. The first kappa shape index (κ1) is 13.7. The highest BCUT2D eigenvalue weighted by molar-refractivity contribution is 7.16. The van der Waals surface area contributed by atoms with Crippen molar-refractivity contribution in [3.05, 3.63) is 64.9 Å². The summed E-state index contributed by atoms with van der Waals surface area (Å²) in [4.78, 5) is 16.4. The van der Waals surface area contributed by atoms with Crippen molar-refractivity contribution in [2.24, 2.45) is 0 Å². The Morgan fingerprint density at radius 3 is 2.95 bits per heavy atom. The van der Waals surface area contributed by atoms with E-state index in [-0.39, 0.29) is 17.8 Å². The van der Waals surface area contributed by atoms with Crippen LogP contribution >= 0.6 is 11.3 Å². The molecule has 106 valence electrons. The number of carbonyl (C=O) groups excluding carboxylic acids is 1. The van der Waals surface area contributed by atoms with Crippen LogP contribution in [0.15, 0.2) is 48.0 Å². The van der Waals surface area contributed by atoms with Gasteiger partial charge in [-0.3, -0.25) is 4.79 Å². The fraction of sp³-hybridized carbons (Fsp3) is 0.125. The number of amides is 1. The standard InChI is InChI=1S/C16H13FN2OS/c1-10(11-3-2-4-13(17)7-11)19-16(20)12-5-6-14-15(8-12)21-9-18-14/h2-10H,1H3,(H,19,20). The minimum Gasteiger partial charge on any atom is -0.346 e. The lowest BCUT2D eigenvalue weighted by Gasteiger charge is -2.14. The van der Waals surface area contributed by atoms with E-state index in [1.165, 1.54) is 23.5 Å². The number of rotatable bonds is 3. The minimum atomic E-state index is -0.306. The molecule has 0 aliphatic heterocycles. The Kier molecular flexibility index (Phi) is 3.66. The van der Waals surface area contributed by atoms with Gasteiger partial charge in [-0.1, -0.05) is 12.1 Å². The molecule has 1 atom stereocenters. The molecule has 5 heteroatoms. The smallest absolute Gasteiger partial charge is 0.251 e. The van der Waals surface area contributed by atoms with Crippen LogP contribution in [0.25, 0.3) is 10.2 Å². The van der Waals surface area contributed by atoms with Gasteiger partial charge in [-0.15, -0.1) is 11.3 Å². The molecule has 0 bridgehead atoms. The number of hydrogen-bond acceptors (Lipinski definition) is 3. The van der Waals surface area contributed by atoms with Crippen molar-refractivity contribution >= 4 is 27.5 Å². The molecule has 2 aromatic carbocycles. The number of halogens is 1. The van der Waals surface area contributed by atoms with Crippen LogP contribution in [-0.2, 0) is 0 Å². The van der Waals surface area contributed by atoms with E-state index in [0.717, 1.165) is 15.8 Å². The molecular weight excluding hydrogens is 287 g/mol. The number of carbonyl (C=O) groups is 1. The summed E-state index contributed by atoms with van der Waals surface area (Å²) in [6.45, 7) is 1.83. The van der Waals surface area contributed by atoms with Crippen molar-refractivity contribution in [2.45, 2.75) is 13.0 Å². The molecule has 0 saturated carbocycles. The second-order valence-electron chi connectivity index (χ2n) is 4.79. The molecule has 0 spiro atoms. The van der Waals surface area contributed by atoms with Gasteiger partial charge in [0.15, 0.2) is 0 Å². The van der Waals surface area contributed by atoms with Gasteiger partial charge < -0.3 is 5.32 Å². The van der Waals surface area contributed by atoms with E-state index in [4.69, 9.17) is 0 Å². The third kappa shape index (κ3) is 2.92. The van der Waals surface area contributed by atoms with Crippen LogP contribution in [0.3, 0.4) is 0 Å². The molecule has 1 amide bonds.